The van der Waals surface area contributed by atoms with E-state index in [-0.39, 0.29) is 23.9 Å². The van der Waals surface area contributed by atoms with Crippen LogP contribution >= 0.6 is 11.6 Å². The van der Waals surface area contributed by atoms with Crippen LogP contribution in [-0.2, 0) is 0 Å². The second-order valence-corrected chi connectivity index (χ2v) is 3.56. The molecule has 0 unspecified atom stereocenters. The Bertz CT molecular complexity index is 452. The van der Waals surface area contributed by atoms with Gasteiger partial charge in [0.25, 0.3) is 5.91 Å². The Balaban J connectivity index is 3.18. The van der Waals surface area contributed by atoms with Crippen LogP contribution in [0.25, 0.3) is 0 Å². The van der Waals surface area contributed by atoms with Crippen LogP contribution in [0.2, 0.25) is 5.15 Å². The predicted octanol–water partition coefficient (Wildman–Crippen LogP) is 0.707. The van der Waals surface area contributed by atoms with Gasteiger partial charge in [-0.05, 0) is 6.07 Å². The van der Waals surface area contributed by atoms with Gasteiger partial charge in [0.15, 0.2) is 0 Å². The van der Waals surface area contributed by atoms with E-state index in [9.17, 15) is 14.9 Å². The molecule has 0 bridgehead atoms. The van der Waals surface area contributed by atoms with Gasteiger partial charge in [0.1, 0.15) is 5.56 Å². The summed E-state index contributed by atoms with van der Waals surface area (Å²) in [5, 5.41) is 19.2. The molecule has 0 aromatic carbocycles. The third kappa shape index (κ3) is 2.89. The lowest BCUT2D eigenvalue weighted by molar-refractivity contribution is -0.385. The van der Waals surface area contributed by atoms with Crippen molar-refractivity contribution >= 4 is 23.2 Å². The summed E-state index contributed by atoms with van der Waals surface area (Å²) in [7, 11) is 1.43. The number of likely N-dealkylation sites (N-methyl/N-ethyl adjacent to an activating group) is 1. The molecule has 0 aliphatic carbocycles. The van der Waals surface area contributed by atoms with Crippen LogP contribution in [0, 0.1) is 10.1 Å². The van der Waals surface area contributed by atoms with Gasteiger partial charge < -0.3 is 10.0 Å². The Morgan fingerprint density at radius 3 is 2.88 bits per heavy atom. The minimum Gasteiger partial charge on any atom is -0.395 e. The third-order valence-electron chi connectivity index (χ3n) is 2.07. The second-order valence-electron chi connectivity index (χ2n) is 3.21. The summed E-state index contributed by atoms with van der Waals surface area (Å²) in [5.41, 5.74) is -0.671. The van der Waals surface area contributed by atoms with Crippen molar-refractivity contribution in [2.45, 2.75) is 0 Å². The van der Waals surface area contributed by atoms with E-state index in [2.05, 4.69) is 4.98 Å². The van der Waals surface area contributed by atoms with Gasteiger partial charge in [0, 0.05) is 19.8 Å². The van der Waals surface area contributed by atoms with Crippen LogP contribution in [0.15, 0.2) is 12.3 Å². The summed E-state index contributed by atoms with van der Waals surface area (Å²) >= 11 is 5.58. The smallest absolute Gasteiger partial charge is 0.319 e. The molecule has 0 saturated heterocycles. The van der Waals surface area contributed by atoms with Gasteiger partial charge in [-0.15, -0.1) is 0 Å². The average Bonchev–Trinajstić information content (AvgIpc) is 2.27. The average molecular weight is 260 g/mol. The van der Waals surface area contributed by atoms with Crippen molar-refractivity contribution in [1.29, 1.82) is 0 Å². The zero-order chi connectivity index (χ0) is 13.0. The number of aliphatic hydroxyl groups excluding tert-OH is 1. The van der Waals surface area contributed by atoms with Crippen molar-refractivity contribution in [3.05, 3.63) is 33.1 Å². The maximum absolute atomic E-state index is 11.8. The van der Waals surface area contributed by atoms with E-state index in [0.717, 1.165) is 0 Å². The Hall–Kier alpha value is -1.73. The summed E-state index contributed by atoms with van der Waals surface area (Å²) < 4.78 is 0. The van der Waals surface area contributed by atoms with Crippen LogP contribution < -0.4 is 0 Å². The molecule has 1 aromatic rings. The molecule has 0 atom stereocenters. The molecule has 0 spiro atoms. The molecule has 0 fully saturated rings. The molecule has 0 radical (unpaired) electrons. The van der Waals surface area contributed by atoms with Gasteiger partial charge in [-0.3, -0.25) is 14.9 Å². The number of aromatic nitrogens is 1. The van der Waals surface area contributed by atoms with Crippen LogP contribution in [-0.4, -0.2) is 46.0 Å². The van der Waals surface area contributed by atoms with E-state index in [1.54, 1.807) is 0 Å². The zero-order valence-electron chi connectivity index (χ0n) is 8.96. The van der Waals surface area contributed by atoms with Gasteiger partial charge in [-0.2, -0.15) is 0 Å². The number of hydrogen-bond acceptors (Lipinski definition) is 5. The van der Waals surface area contributed by atoms with Crippen molar-refractivity contribution in [3.63, 3.8) is 0 Å². The van der Waals surface area contributed by atoms with Crippen LogP contribution in [0.4, 0.5) is 5.69 Å². The van der Waals surface area contributed by atoms with Crippen molar-refractivity contribution in [3.8, 4) is 0 Å². The lowest BCUT2D eigenvalue weighted by atomic mass is 10.2. The first-order valence-electron chi connectivity index (χ1n) is 4.64. The maximum Gasteiger partial charge on any atom is 0.319 e. The molecule has 7 nitrogen and oxygen atoms in total. The molecule has 8 heteroatoms. The van der Waals surface area contributed by atoms with E-state index in [1.807, 2.05) is 0 Å². The number of carbonyl (C=O) groups is 1. The molecule has 0 saturated carbocycles. The molecule has 1 heterocycles. The van der Waals surface area contributed by atoms with Gasteiger partial charge in [0.2, 0.25) is 5.15 Å². The van der Waals surface area contributed by atoms with Gasteiger partial charge in [-0.25, -0.2) is 4.98 Å². The number of nitrogens with zero attached hydrogens (tertiary/aromatic N) is 3. The fourth-order valence-electron chi connectivity index (χ4n) is 1.23. The van der Waals surface area contributed by atoms with Crippen molar-refractivity contribution in [1.82, 2.24) is 9.88 Å². The fraction of sp³-hybridized carbons (Fsp3) is 0.333. The highest BCUT2D eigenvalue weighted by Crippen LogP contribution is 2.26. The first-order valence-corrected chi connectivity index (χ1v) is 5.02. The highest BCUT2D eigenvalue weighted by Gasteiger charge is 2.26. The minimum absolute atomic E-state index is 0.0793. The Labute approximate surface area is 102 Å². The van der Waals surface area contributed by atoms with Crippen LogP contribution in [0.5, 0.6) is 0 Å². The normalized spacial score (nSPS) is 10.1. The minimum atomic E-state index is -0.755. The summed E-state index contributed by atoms with van der Waals surface area (Å²) in [5.74, 6) is -0.588. The second kappa shape index (κ2) is 5.55. The predicted molar refractivity (Wildman–Crippen MR) is 59.9 cm³/mol. The van der Waals surface area contributed by atoms with E-state index >= 15 is 0 Å². The van der Waals surface area contributed by atoms with Crippen LogP contribution in [0.3, 0.4) is 0 Å². The number of amides is 1. The topological polar surface area (TPSA) is 96.6 Å². The van der Waals surface area contributed by atoms with E-state index in [0.29, 0.717) is 0 Å². The Morgan fingerprint density at radius 2 is 2.35 bits per heavy atom. The first kappa shape index (κ1) is 13.3. The van der Waals surface area contributed by atoms with Gasteiger partial charge in [-0.1, -0.05) is 11.6 Å². The summed E-state index contributed by atoms with van der Waals surface area (Å²) in [6.45, 7) is -0.148. The molecule has 1 rings (SSSR count). The Morgan fingerprint density at radius 1 is 1.71 bits per heavy atom. The number of hydrogen-bond donors (Lipinski definition) is 1. The van der Waals surface area contributed by atoms with E-state index in [1.165, 1.54) is 24.2 Å². The van der Waals surface area contributed by atoms with Crippen molar-refractivity contribution in [2.24, 2.45) is 0 Å². The van der Waals surface area contributed by atoms with Crippen LogP contribution in [0.1, 0.15) is 10.4 Å². The molecular formula is C9H10ClN3O4. The van der Waals surface area contributed by atoms with Crippen molar-refractivity contribution < 1.29 is 14.8 Å². The summed E-state index contributed by atoms with van der Waals surface area (Å²) in [6, 6.07) is 1.22. The van der Waals surface area contributed by atoms with E-state index < -0.39 is 16.5 Å². The quantitative estimate of drug-likeness (QED) is 0.488. The molecule has 92 valence electrons. The molecule has 0 aliphatic rings. The molecule has 1 N–H and O–H groups in total. The molecule has 1 aromatic heterocycles. The number of pyridine rings is 1. The summed E-state index contributed by atoms with van der Waals surface area (Å²) in [4.78, 5) is 26.6. The van der Waals surface area contributed by atoms with Gasteiger partial charge >= 0.3 is 5.69 Å². The number of halogens is 1. The fourth-order valence-corrected chi connectivity index (χ4v) is 1.46. The monoisotopic (exact) mass is 259 g/mol. The number of rotatable bonds is 4. The standard InChI is InChI=1S/C9H10ClN3O4/c1-12(4-5-14)9(15)6-2-3-11-8(10)7(6)13(16)17/h2-3,14H,4-5H2,1H3. The molecular weight excluding hydrogens is 250 g/mol. The van der Waals surface area contributed by atoms with Crippen molar-refractivity contribution in [2.75, 3.05) is 20.2 Å². The lowest BCUT2D eigenvalue weighted by Gasteiger charge is -2.15. The Kier molecular flexibility index (Phi) is 4.36. The lowest BCUT2D eigenvalue weighted by Crippen LogP contribution is -2.30. The molecule has 1 amide bonds. The number of nitro groups is 1. The maximum atomic E-state index is 11.8. The number of aliphatic hydroxyl groups is 1. The van der Waals surface area contributed by atoms with E-state index in [4.69, 9.17) is 16.7 Å². The first-order chi connectivity index (χ1) is 7.99. The third-order valence-corrected chi connectivity index (χ3v) is 2.35. The molecule has 0 aliphatic heterocycles. The highest BCUT2D eigenvalue weighted by molar-refractivity contribution is 6.32. The zero-order valence-corrected chi connectivity index (χ0v) is 9.72. The summed E-state index contributed by atoms with van der Waals surface area (Å²) in [6.07, 6.45) is 1.22. The molecule has 17 heavy (non-hydrogen) atoms. The number of carbonyl (C=O) groups excluding carboxylic acids is 1. The largest absolute Gasteiger partial charge is 0.395 e. The van der Waals surface area contributed by atoms with Gasteiger partial charge in [0.05, 0.1) is 11.5 Å². The SMILES string of the molecule is CN(CCO)C(=O)c1ccnc(Cl)c1[N+](=O)[O-]. The highest BCUT2D eigenvalue weighted by atomic mass is 35.5.